The van der Waals surface area contributed by atoms with E-state index in [1.54, 1.807) is 0 Å². The Bertz CT molecular complexity index is 772. The van der Waals surface area contributed by atoms with E-state index in [9.17, 15) is 9.59 Å². The minimum atomic E-state index is -0.606. The van der Waals surface area contributed by atoms with Crippen LogP contribution >= 0.6 is 0 Å². The van der Waals surface area contributed by atoms with Crippen LogP contribution in [0.15, 0.2) is 23.8 Å². The van der Waals surface area contributed by atoms with Crippen LogP contribution in [0.4, 0.5) is 0 Å². The number of hydrogen-bond acceptors (Lipinski definition) is 6. The van der Waals surface area contributed by atoms with Gasteiger partial charge in [0, 0.05) is 12.3 Å². The van der Waals surface area contributed by atoms with Gasteiger partial charge in [0.25, 0.3) is 0 Å². The molecule has 2 saturated heterocycles. The highest BCUT2D eigenvalue weighted by Gasteiger charge is 2.59. The average molecular weight is 419 g/mol. The van der Waals surface area contributed by atoms with E-state index in [2.05, 4.69) is 20.4 Å². The normalized spacial score (nSPS) is 44.9. The third-order valence-electron chi connectivity index (χ3n) is 8.13. The van der Waals surface area contributed by atoms with Gasteiger partial charge in [-0.3, -0.25) is 4.79 Å². The van der Waals surface area contributed by atoms with Gasteiger partial charge in [-0.15, -0.1) is 0 Å². The molecule has 4 rings (SSSR count). The van der Waals surface area contributed by atoms with Gasteiger partial charge in [0.1, 0.15) is 6.61 Å². The van der Waals surface area contributed by atoms with E-state index in [1.165, 1.54) is 12.5 Å². The van der Waals surface area contributed by atoms with Gasteiger partial charge in [0.15, 0.2) is 12.4 Å². The molecule has 2 heterocycles. The van der Waals surface area contributed by atoms with Crippen molar-refractivity contribution in [2.45, 2.75) is 78.3 Å². The van der Waals surface area contributed by atoms with Gasteiger partial charge in [0.2, 0.25) is 0 Å². The van der Waals surface area contributed by atoms with Gasteiger partial charge in [-0.25, -0.2) is 4.79 Å². The Morgan fingerprint density at radius 2 is 2.07 bits per heavy atom. The van der Waals surface area contributed by atoms with Crippen molar-refractivity contribution in [2.24, 2.45) is 22.7 Å². The van der Waals surface area contributed by atoms with Crippen molar-refractivity contribution in [3.63, 3.8) is 0 Å². The van der Waals surface area contributed by atoms with Crippen molar-refractivity contribution in [2.75, 3.05) is 13.2 Å². The van der Waals surface area contributed by atoms with Crippen LogP contribution < -0.4 is 0 Å². The summed E-state index contributed by atoms with van der Waals surface area (Å²) in [7, 11) is 0. The second-order valence-corrected chi connectivity index (χ2v) is 9.95. The zero-order valence-corrected chi connectivity index (χ0v) is 18.6. The smallest absolute Gasteiger partial charge is 0.337 e. The summed E-state index contributed by atoms with van der Waals surface area (Å²) in [5.74, 6) is -0.0728. The lowest BCUT2D eigenvalue weighted by atomic mass is 9.46. The SMILES string of the molecule is C=C1CC[C@@H]2[C@]3(C)CO[C@@H](C)O[C@@H]3CC[C@@]2(C)[C@@H]1C/C=C1/C(=O)OC[C@H]1OC(C)=O. The van der Waals surface area contributed by atoms with Crippen molar-refractivity contribution in [1.29, 1.82) is 0 Å². The molecule has 166 valence electrons. The summed E-state index contributed by atoms with van der Waals surface area (Å²) >= 11 is 0. The number of rotatable bonds is 3. The van der Waals surface area contributed by atoms with E-state index in [0.717, 1.165) is 32.3 Å². The quantitative estimate of drug-likeness (QED) is 0.393. The first-order chi connectivity index (χ1) is 14.1. The molecule has 7 atom stereocenters. The molecule has 0 unspecified atom stereocenters. The summed E-state index contributed by atoms with van der Waals surface area (Å²) in [6.07, 6.45) is 6.25. The Kier molecular flexibility index (Phi) is 5.60. The van der Waals surface area contributed by atoms with E-state index in [-0.39, 0.29) is 41.7 Å². The summed E-state index contributed by atoms with van der Waals surface area (Å²) in [6.45, 7) is 13.3. The molecule has 0 radical (unpaired) electrons. The topological polar surface area (TPSA) is 71.1 Å². The van der Waals surface area contributed by atoms with Crippen LogP contribution in [0.25, 0.3) is 0 Å². The van der Waals surface area contributed by atoms with Crippen LogP contribution in [0.1, 0.15) is 59.8 Å². The maximum atomic E-state index is 12.2. The maximum Gasteiger partial charge on any atom is 0.337 e. The summed E-state index contributed by atoms with van der Waals surface area (Å²) < 4.78 is 22.6. The Morgan fingerprint density at radius 1 is 1.30 bits per heavy atom. The lowest BCUT2D eigenvalue weighted by molar-refractivity contribution is -0.297. The van der Waals surface area contributed by atoms with Gasteiger partial charge < -0.3 is 18.9 Å². The predicted molar refractivity (Wildman–Crippen MR) is 110 cm³/mol. The molecule has 0 aromatic heterocycles. The molecule has 2 saturated carbocycles. The molecule has 2 aliphatic carbocycles. The van der Waals surface area contributed by atoms with Crippen LogP contribution in [0.2, 0.25) is 0 Å². The largest absolute Gasteiger partial charge is 0.458 e. The van der Waals surface area contributed by atoms with Gasteiger partial charge in [0.05, 0.1) is 18.3 Å². The molecular weight excluding hydrogens is 384 g/mol. The standard InChI is InChI=1S/C24H34O6/c1-14-6-9-20-23(4,11-10-21-24(20,5)13-28-16(3)30-21)18(14)8-7-17-19(29-15(2)25)12-27-22(17)26/h7,16,18-21H,1,6,8-13H2,2-5H3/b17-7+/t16-,18-,19-,20+,21-,23+,24+/m1/s1. The number of carbonyl (C=O) groups is 2. The number of allylic oxidation sites excluding steroid dienone is 2. The molecule has 0 aromatic rings. The molecule has 0 bridgehead atoms. The first-order valence-corrected chi connectivity index (χ1v) is 11.1. The van der Waals surface area contributed by atoms with Crippen molar-refractivity contribution in [3.8, 4) is 0 Å². The lowest BCUT2D eigenvalue weighted by Crippen LogP contribution is -2.61. The summed E-state index contributed by atoms with van der Waals surface area (Å²) in [4.78, 5) is 23.6. The van der Waals surface area contributed by atoms with E-state index in [1.807, 2.05) is 13.0 Å². The molecule has 0 N–H and O–H groups in total. The average Bonchev–Trinajstić information content (AvgIpc) is 3.01. The van der Waals surface area contributed by atoms with Crippen LogP contribution in [-0.2, 0) is 28.5 Å². The molecule has 6 nitrogen and oxygen atoms in total. The third kappa shape index (κ3) is 3.52. The number of fused-ring (bicyclic) bond motifs is 3. The zero-order valence-electron chi connectivity index (χ0n) is 18.6. The molecule has 30 heavy (non-hydrogen) atoms. The highest BCUT2D eigenvalue weighted by atomic mass is 16.7. The molecule has 4 aliphatic rings. The molecule has 0 amide bonds. The maximum absolute atomic E-state index is 12.2. The highest BCUT2D eigenvalue weighted by molar-refractivity contribution is 5.92. The third-order valence-corrected chi connectivity index (χ3v) is 8.13. The van der Waals surface area contributed by atoms with Crippen molar-refractivity contribution in [3.05, 3.63) is 23.8 Å². The number of carbonyl (C=O) groups excluding carboxylic acids is 2. The molecule has 6 heteroatoms. The van der Waals surface area contributed by atoms with E-state index in [0.29, 0.717) is 17.9 Å². The van der Waals surface area contributed by atoms with Crippen LogP contribution in [0.5, 0.6) is 0 Å². The summed E-state index contributed by atoms with van der Waals surface area (Å²) in [5, 5.41) is 0. The first kappa shape index (κ1) is 21.6. The van der Waals surface area contributed by atoms with Crippen molar-refractivity contribution in [1.82, 2.24) is 0 Å². The molecule has 4 fully saturated rings. The summed E-state index contributed by atoms with van der Waals surface area (Å²) in [5.41, 5.74) is 1.75. The Balaban J connectivity index is 1.58. The fourth-order valence-corrected chi connectivity index (χ4v) is 6.60. The van der Waals surface area contributed by atoms with Crippen LogP contribution in [0, 0.1) is 22.7 Å². The van der Waals surface area contributed by atoms with E-state index >= 15 is 0 Å². The van der Waals surface area contributed by atoms with Crippen molar-refractivity contribution < 1.29 is 28.5 Å². The zero-order chi connectivity index (χ0) is 21.7. The van der Waals surface area contributed by atoms with Crippen LogP contribution in [0.3, 0.4) is 0 Å². The fourth-order valence-electron chi connectivity index (χ4n) is 6.60. The predicted octanol–water partition coefficient (Wildman–Crippen LogP) is 3.94. The number of esters is 2. The first-order valence-electron chi connectivity index (χ1n) is 11.1. The van der Waals surface area contributed by atoms with E-state index < -0.39 is 12.1 Å². The Hall–Kier alpha value is -1.66. The number of hydrogen-bond donors (Lipinski definition) is 0. The Labute approximate surface area is 179 Å². The minimum Gasteiger partial charge on any atom is -0.458 e. The van der Waals surface area contributed by atoms with Crippen molar-refractivity contribution >= 4 is 11.9 Å². The van der Waals surface area contributed by atoms with E-state index in [4.69, 9.17) is 18.9 Å². The molecule has 0 aromatic carbocycles. The van der Waals surface area contributed by atoms with Gasteiger partial charge in [-0.1, -0.05) is 32.1 Å². The molecule has 0 spiro atoms. The monoisotopic (exact) mass is 418 g/mol. The second-order valence-electron chi connectivity index (χ2n) is 9.95. The number of cyclic esters (lactones) is 1. The molecular formula is C24H34O6. The molecule has 2 aliphatic heterocycles. The van der Waals surface area contributed by atoms with Gasteiger partial charge in [-0.05, 0) is 56.3 Å². The highest BCUT2D eigenvalue weighted by Crippen LogP contribution is 2.63. The Morgan fingerprint density at radius 3 is 2.80 bits per heavy atom. The lowest BCUT2D eigenvalue weighted by Gasteiger charge is -2.62. The second kappa shape index (κ2) is 7.79. The minimum absolute atomic E-state index is 0.0157. The number of ether oxygens (including phenoxy) is 4. The fraction of sp³-hybridized carbons (Fsp3) is 0.750. The summed E-state index contributed by atoms with van der Waals surface area (Å²) in [6, 6.07) is 0. The van der Waals surface area contributed by atoms with Gasteiger partial charge >= 0.3 is 11.9 Å². The van der Waals surface area contributed by atoms with Gasteiger partial charge in [-0.2, -0.15) is 0 Å². The van der Waals surface area contributed by atoms with Crippen LogP contribution in [-0.4, -0.2) is 43.7 Å².